The van der Waals surface area contributed by atoms with Crippen LogP contribution in [0.15, 0.2) is 0 Å². The van der Waals surface area contributed by atoms with Crippen LogP contribution >= 0.6 is 0 Å². The van der Waals surface area contributed by atoms with E-state index >= 15 is 0 Å². The summed E-state index contributed by atoms with van der Waals surface area (Å²) >= 11 is 0. The van der Waals surface area contributed by atoms with Gasteiger partial charge in [0.1, 0.15) is 0 Å². The molecule has 32 valence electrons. The summed E-state index contributed by atoms with van der Waals surface area (Å²) in [5.74, 6) is 0. The zero-order valence-corrected chi connectivity index (χ0v) is 7.02. The third-order valence-corrected chi connectivity index (χ3v) is 0.201. The normalized spacial score (nSPS) is 5.50. The molecule has 0 unspecified atom stereocenters. The van der Waals surface area contributed by atoms with Crippen LogP contribution in [0.5, 0.6) is 0 Å². The van der Waals surface area contributed by atoms with Crippen molar-refractivity contribution >= 4 is 6.09 Å². The van der Waals surface area contributed by atoms with Crippen molar-refractivity contribution in [2.45, 2.75) is 0 Å². The third-order valence-electron chi connectivity index (χ3n) is 0.201. The van der Waals surface area contributed by atoms with Crippen molar-refractivity contribution in [2.24, 2.45) is 5.73 Å². The summed E-state index contributed by atoms with van der Waals surface area (Å²) in [5.41, 5.74) is 4.43. The average molecular weight is 115 g/mol. The van der Waals surface area contributed by atoms with E-state index in [4.69, 9.17) is 0 Å². The Kier molecular flexibility index (Phi) is 9.85. The van der Waals surface area contributed by atoms with Crippen molar-refractivity contribution in [1.82, 2.24) is 0 Å². The van der Waals surface area contributed by atoms with Gasteiger partial charge in [-0.05, 0) is 0 Å². The molecule has 0 radical (unpaired) electrons. The van der Waals surface area contributed by atoms with Crippen LogP contribution in [0, 0.1) is 0 Å². The van der Waals surface area contributed by atoms with E-state index in [0.29, 0.717) is 0 Å². The van der Waals surface area contributed by atoms with E-state index in [0.717, 1.165) is 0 Å². The van der Waals surface area contributed by atoms with Crippen LogP contribution in [0.25, 0.3) is 0 Å². The monoisotopic (exact) mass is 115 g/mol. The Bertz CT molecular complexity index is 51.0. The Balaban J connectivity index is -0.0000000800. The van der Waals surface area contributed by atoms with Crippen molar-refractivity contribution in [3.63, 3.8) is 0 Å². The molecular weight excluding hydrogens is 109 g/mol. The van der Waals surface area contributed by atoms with Crippen LogP contribution in [0.4, 0.5) is 4.79 Å². The molecule has 0 heterocycles. The van der Waals surface area contributed by atoms with E-state index in [2.05, 4.69) is 10.5 Å². The van der Waals surface area contributed by atoms with E-state index in [1.165, 1.54) is 7.11 Å². The molecule has 4 heteroatoms. The number of nitrogens with two attached hydrogens (primary N) is 1. The first-order valence-electron chi connectivity index (χ1n) is 1.11. The standard InChI is InChI=1S/C2H5NO2.K.H/c1-5-2(3)4;;/h1H3,(H2,3,4);;/q;+1;-1. The second kappa shape index (κ2) is 5.91. The minimum Gasteiger partial charge on any atom is -1.00 e. The van der Waals surface area contributed by atoms with E-state index in [1.54, 1.807) is 0 Å². The van der Waals surface area contributed by atoms with Crippen molar-refractivity contribution in [2.75, 3.05) is 7.11 Å². The summed E-state index contributed by atoms with van der Waals surface area (Å²) in [4.78, 5) is 9.37. The molecule has 6 heavy (non-hydrogen) atoms. The van der Waals surface area contributed by atoms with Gasteiger partial charge in [0.2, 0.25) is 0 Å². The molecule has 0 saturated carbocycles. The Morgan fingerprint density at radius 3 is 2.17 bits per heavy atom. The number of primary amides is 1. The SMILES string of the molecule is COC(N)=O.[H-].[K+]. The van der Waals surface area contributed by atoms with E-state index < -0.39 is 6.09 Å². The summed E-state index contributed by atoms with van der Waals surface area (Å²) in [6.45, 7) is 0. The molecule has 0 aromatic heterocycles. The fraction of sp³-hybridized carbons (Fsp3) is 0.500. The van der Waals surface area contributed by atoms with Gasteiger partial charge in [0, 0.05) is 0 Å². The Morgan fingerprint density at radius 1 is 2.00 bits per heavy atom. The first kappa shape index (κ1) is 10.0. The number of hydrogen-bond acceptors (Lipinski definition) is 2. The molecule has 0 fully saturated rings. The fourth-order valence-corrected chi connectivity index (χ4v) is 0. The van der Waals surface area contributed by atoms with Crippen LogP contribution < -0.4 is 57.1 Å². The van der Waals surface area contributed by atoms with Crippen molar-refractivity contribution in [1.29, 1.82) is 0 Å². The van der Waals surface area contributed by atoms with Crippen LogP contribution in [-0.2, 0) is 4.74 Å². The summed E-state index contributed by atoms with van der Waals surface area (Å²) in [6.07, 6.45) is -0.745. The summed E-state index contributed by atoms with van der Waals surface area (Å²) in [7, 11) is 1.22. The molecule has 2 N–H and O–H groups in total. The summed E-state index contributed by atoms with van der Waals surface area (Å²) in [6, 6.07) is 0. The fourth-order valence-electron chi connectivity index (χ4n) is 0. The molecule has 0 rings (SSSR count). The number of hydrogen-bond donors (Lipinski definition) is 1. The molecule has 0 aliphatic rings. The van der Waals surface area contributed by atoms with Gasteiger partial charge in [-0.15, -0.1) is 0 Å². The molecule has 0 aromatic rings. The van der Waals surface area contributed by atoms with Crippen molar-refractivity contribution in [3.05, 3.63) is 0 Å². The molecule has 0 saturated heterocycles. The molecule has 0 spiro atoms. The van der Waals surface area contributed by atoms with E-state index in [-0.39, 0.29) is 52.8 Å². The number of methoxy groups -OCH3 is 1. The molecule has 3 nitrogen and oxygen atoms in total. The maximum Gasteiger partial charge on any atom is 1.00 e. The maximum atomic E-state index is 9.37. The maximum absolute atomic E-state index is 9.37. The second-order valence-electron chi connectivity index (χ2n) is 0.523. The molecule has 0 bridgehead atoms. The summed E-state index contributed by atoms with van der Waals surface area (Å²) in [5, 5.41) is 0. The van der Waals surface area contributed by atoms with Crippen LogP contribution in [0.2, 0.25) is 0 Å². The van der Waals surface area contributed by atoms with Gasteiger partial charge in [-0.2, -0.15) is 0 Å². The van der Waals surface area contributed by atoms with Crippen molar-refractivity contribution in [3.8, 4) is 0 Å². The molecule has 0 aliphatic carbocycles. The number of carbonyl (C=O) groups is 1. The molecule has 0 aromatic carbocycles. The minimum absolute atomic E-state index is 0. The smallest absolute Gasteiger partial charge is 1.00 e. The van der Waals surface area contributed by atoms with Crippen LogP contribution in [0.3, 0.4) is 0 Å². The Labute approximate surface area is 80.1 Å². The zero-order valence-electron chi connectivity index (χ0n) is 4.89. The van der Waals surface area contributed by atoms with Gasteiger partial charge in [0.25, 0.3) is 0 Å². The summed E-state index contributed by atoms with van der Waals surface area (Å²) < 4.78 is 3.89. The minimum atomic E-state index is -0.745. The largest absolute Gasteiger partial charge is 1.00 e. The molecule has 0 atom stereocenters. The average Bonchev–Trinajstić information content (AvgIpc) is 1.38. The predicted molar refractivity (Wildman–Crippen MR) is 17.7 cm³/mol. The van der Waals surface area contributed by atoms with Gasteiger partial charge in [-0.25, -0.2) is 4.79 Å². The second-order valence-corrected chi connectivity index (χ2v) is 0.523. The van der Waals surface area contributed by atoms with Crippen molar-refractivity contribution < 1.29 is 62.3 Å². The Morgan fingerprint density at radius 2 is 2.17 bits per heavy atom. The molecule has 1 amide bonds. The Hall–Kier alpha value is 0.906. The van der Waals surface area contributed by atoms with Gasteiger partial charge in [-0.1, -0.05) is 0 Å². The number of amides is 1. The van der Waals surface area contributed by atoms with Gasteiger partial charge in [0.05, 0.1) is 7.11 Å². The van der Waals surface area contributed by atoms with Gasteiger partial charge < -0.3 is 11.9 Å². The molecular formula is C2H6KNO2. The first-order chi connectivity index (χ1) is 2.27. The quantitative estimate of drug-likeness (QED) is 0.339. The van der Waals surface area contributed by atoms with Gasteiger partial charge in [0.15, 0.2) is 0 Å². The van der Waals surface area contributed by atoms with Crippen LogP contribution in [0.1, 0.15) is 1.43 Å². The van der Waals surface area contributed by atoms with Crippen LogP contribution in [-0.4, -0.2) is 13.2 Å². The number of rotatable bonds is 0. The molecule has 0 aliphatic heterocycles. The predicted octanol–water partition coefficient (Wildman–Crippen LogP) is -3.17. The number of carbonyl (C=O) groups excluding carboxylic acids is 1. The third kappa shape index (κ3) is 8.86. The van der Waals surface area contributed by atoms with Gasteiger partial charge in [-0.3, -0.25) is 0 Å². The first-order valence-corrected chi connectivity index (χ1v) is 1.11. The van der Waals surface area contributed by atoms with Gasteiger partial charge >= 0.3 is 57.5 Å². The van der Waals surface area contributed by atoms with E-state index in [9.17, 15) is 4.79 Å². The van der Waals surface area contributed by atoms with E-state index in [1.807, 2.05) is 0 Å². The zero-order chi connectivity index (χ0) is 4.28. The topological polar surface area (TPSA) is 52.3 Å². The number of ether oxygens (including phenoxy) is 1.